The van der Waals surface area contributed by atoms with E-state index in [1.165, 1.54) is 6.07 Å². The minimum atomic E-state index is -1.15. The predicted octanol–water partition coefficient (Wildman–Crippen LogP) is 1.68. The van der Waals surface area contributed by atoms with Crippen molar-refractivity contribution in [3.8, 4) is 0 Å². The number of anilines is 2. The Kier molecular flexibility index (Phi) is 2.22. The van der Waals surface area contributed by atoms with Gasteiger partial charge in [-0.2, -0.15) is 0 Å². The Bertz CT molecular complexity index is 416. The number of carboxylic acids is 1. The van der Waals surface area contributed by atoms with Gasteiger partial charge in [0.25, 0.3) is 0 Å². The second kappa shape index (κ2) is 3.42. The van der Waals surface area contributed by atoms with Crippen LogP contribution in [0.5, 0.6) is 0 Å². The van der Waals surface area contributed by atoms with Gasteiger partial charge in [0.05, 0.1) is 11.3 Å². The van der Waals surface area contributed by atoms with Crippen molar-refractivity contribution in [1.82, 2.24) is 0 Å². The van der Waals surface area contributed by atoms with Gasteiger partial charge in [0, 0.05) is 11.7 Å². The quantitative estimate of drug-likeness (QED) is 0.663. The summed E-state index contributed by atoms with van der Waals surface area (Å²) in [5, 5.41) is 11.7. The van der Waals surface area contributed by atoms with Crippen molar-refractivity contribution in [2.45, 2.75) is 18.9 Å². The molecule has 0 atom stereocenters. The van der Waals surface area contributed by atoms with Gasteiger partial charge in [-0.1, -0.05) is 0 Å². The lowest BCUT2D eigenvalue weighted by molar-refractivity contribution is 0.0698. The Hall–Kier alpha value is -1.78. The minimum absolute atomic E-state index is 0.0543. The van der Waals surface area contributed by atoms with Gasteiger partial charge in [0.2, 0.25) is 0 Å². The van der Waals surface area contributed by atoms with E-state index in [2.05, 4.69) is 5.32 Å². The molecule has 4 N–H and O–H groups in total. The molecule has 1 saturated carbocycles. The molecule has 0 aromatic heterocycles. The molecule has 0 saturated heterocycles. The number of nitrogens with two attached hydrogens (primary N) is 1. The van der Waals surface area contributed by atoms with Crippen molar-refractivity contribution in [3.05, 3.63) is 23.5 Å². The zero-order chi connectivity index (χ0) is 11.0. The minimum Gasteiger partial charge on any atom is -0.478 e. The lowest BCUT2D eigenvalue weighted by Crippen LogP contribution is -2.08. The second-order valence-corrected chi connectivity index (χ2v) is 3.64. The molecule has 15 heavy (non-hydrogen) atoms. The Morgan fingerprint density at radius 2 is 2.20 bits per heavy atom. The lowest BCUT2D eigenvalue weighted by Gasteiger charge is -2.08. The molecule has 1 aromatic carbocycles. The molecule has 0 radical (unpaired) electrons. The topological polar surface area (TPSA) is 75.3 Å². The standard InChI is InChI=1S/C10H11FN2O2/c11-7-4-8(12)6(10(14)15)3-9(7)13-5-1-2-5/h3-5,13H,1-2,12H2,(H,14,15). The number of hydrogen-bond acceptors (Lipinski definition) is 3. The molecule has 80 valence electrons. The van der Waals surface area contributed by atoms with Crippen LogP contribution in [-0.2, 0) is 0 Å². The Morgan fingerprint density at radius 1 is 1.53 bits per heavy atom. The summed E-state index contributed by atoms with van der Waals surface area (Å²) >= 11 is 0. The van der Waals surface area contributed by atoms with Gasteiger partial charge in [0.15, 0.2) is 0 Å². The molecule has 5 heteroatoms. The fourth-order valence-corrected chi connectivity index (χ4v) is 1.33. The Morgan fingerprint density at radius 3 is 2.73 bits per heavy atom. The van der Waals surface area contributed by atoms with E-state index in [0.717, 1.165) is 18.9 Å². The van der Waals surface area contributed by atoms with Gasteiger partial charge in [-0.3, -0.25) is 0 Å². The van der Waals surface area contributed by atoms with E-state index in [9.17, 15) is 9.18 Å². The van der Waals surface area contributed by atoms with E-state index in [-0.39, 0.29) is 23.0 Å². The largest absolute Gasteiger partial charge is 0.478 e. The monoisotopic (exact) mass is 210 g/mol. The number of carbonyl (C=O) groups is 1. The third kappa shape index (κ3) is 2.01. The van der Waals surface area contributed by atoms with Crippen molar-refractivity contribution < 1.29 is 14.3 Å². The number of halogens is 1. The van der Waals surface area contributed by atoms with Crippen LogP contribution < -0.4 is 11.1 Å². The zero-order valence-corrected chi connectivity index (χ0v) is 7.96. The maximum Gasteiger partial charge on any atom is 0.337 e. The summed E-state index contributed by atoms with van der Waals surface area (Å²) in [5.41, 5.74) is 5.48. The molecule has 1 fully saturated rings. The molecule has 0 bridgehead atoms. The smallest absolute Gasteiger partial charge is 0.337 e. The van der Waals surface area contributed by atoms with Crippen LogP contribution in [0.4, 0.5) is 15.8 Å². The van der Waals surface area contributed by atoms with E-state index >= 15 is 0 Å². The number of benzene rings is 1. The van der Waals surface area contributed by atoms with E-state index in [0.29, 0.717) is 0 Å². The molecule has 1 aliphatic carbocycles. The third-order valence-corrected chi connectivity index (χ3v) is 2.31. The van der Waals surface area contributed by atoms with Gasteiger partial charge < -0.3 is 16.2 Å². The third-order valence-electron chi connectivity index (χ3n) is 2.31. The van der Waals surface area contributed by atoms with Crippen molar-refractivity contribution in [1.29, 1.82) is 0 Å². The van der Waals surface area contributed by atoms with Crippen molar-refractivity contribution in [2.75, 3.05) is 11.1 Å². The van der Waals surface area contributed by atoms with E-state index in [1.807, 2.05) is 0 Å². The van der Waals surface area contributed by atoms with Crippen LogP contribution in [0.25, 0.3) is 0 Å². The maximum atomic E-state index is 13.3. The predicted molar refractivity (Wildman–Crippen MR) is 54.4 cm³/mol. The molecular formula is C10H11FN2O2. The highest BCUT2D eigenvalue weighted by molar-refractivity contribution is 5.94. The van der Waals surface area contributed by atoms with Gasteiger partial charge in [0.1, 0.15) is 5.82 Å². The van der Waals surface area contributed by atoms with Gasteiger partial charge >= 0.3 is 5.97 Å². The molecule has 1 aliphatic rings. The molecule has 1 aromatic rings. The normalized spacial score (nSPS) is 15.0. The number of hydrogen-bond donors (Lipinski definition) is 3. The molecule has 0 heterocycles. The zero-order valence-electron chi connectivity index (χ0n) is 7.96. The Balaban J connectivity index is 2.35. The number of rotatable bonds is 3. The summed E-state index contributed by atoms with van der Waals surface area (Å²) in [6.07, 6.45) is 1.98. The molecular weight excluding hydrogens is 199 g/mol. The van der Waals surface area contributed by atoms with Gasteiger partial charge in [-0.25, -0.2) is 9.18 Å². The average molecular weight is 210 g/mol. The van der Waals surface area contributed by atoms with Crippen molar-refractivity contribution >= 4 is 17.3 Å². The average Bonchev–Trinajstić information content (AvgIpc) is 2.92. The number of carboxylic acid groups (broad SMARTS) is 1. The molecule has 0 spiro atoms. The number of nitrogen functional groups attached to an aromatic ring is 1. The van der Waals surface area contributed by atoms with Gasteiger partial charge in [-0.05, 0) is 25.0 Å². The first-order valence-electron chi connectivity index (χ1n) is 4.67. The first-order valence-corrected chi connectivity index (χ1v) is 4.67. The number of aromatic carboxylic acids is 1. The molecule has 2 rings (SSSR count). The number of nitrogens with one attached hydrogen (secondary N) is 1. The summed E-state index contributed by atoms with van der Waals surface area (Å²) in [6.45, 7) is 0. The van der Waals surface area contributed by atoms with Crippen LogP contribution in [0.3, 0.4) is 0 Å². The van der Waals surface area contributed by atoms with Crippen molar-refractivity contribution in [2.24, 2.45) is 0 Å². The van der Waals surface area contributed by atoms with Crippen LogP contribution >= 0.6 is 0 Å². The lowest BCUT2D eigenvalue weighted by atomic mass is 10.1. The van der Waals surface area contributed by atoms with Gasteiger partial charge in [-0.15, -0.1) is 0 Å². The summed E-state index contributed by atoms with van der Waals surface area (Å²) < 4.78 is 13.3. The fraction of sp³-hybridized carbons (Fsp3) is 0.300. The fourth-order valence-electron chi connectivity index (χ4n) is 1.33. The highest BCUT2D eigenvalue weighted by atomic mass is 19.1. The molecule has 0 unspecified atom stereocenters. The van der Waals surface area contributed by atoms with Crippen LogP contribution in [0.1, 0.15) is 23.2 Å². The SMILES string of the molecule is Nc1cc(F)c(NC2CC2)cc1C(=O)O. The second-order valence-electron chi connectivity index (χ2n) is 3.64. The van der Waals surface area contributed by atoms with E-state index in [4.69, 9.17) is 10.8 Å². The summed E-state index contributed by atoms with van der Waals surface area (Å²) in [6, 6.07) is 2.55. The Labute approximate surface area is 85.9 Å². The summed E-state index contributed by atoms with van der Waals surface area (Å²) in [5.74, 6) is -1.66. The molecule has 0 aliphatic heterocycles. The first-order chi connectivity index (χ1) is 7.08. The van der Waals surface area contributed by atoms with E-state index < -0.39 is 11.8 Å². The molecule has 0 amide bonds. The summed E-state index contributed by atoms with van der Waals surface area (Å²) in [4.78, 5) is 10.8. The van der Waals surface area contributed by atoms with Crippen LogP contribution in [0, 0.1) is 5.82 Å². The summed E-state index contributed by atoms with van der Waals surface area (Å²) in [7, 11) is 0. The first kappa shape index (κ1) is 9.76. The van der Waals surface area contributed by atoms with Crippen LogP contribution in [-0.4, -0.2) is 17.1 Å². The van der Waals surface area contributed by atoms with E-state index in [1.54, 1.807) is 0 Å². The molecule has 4 nitrogen and oxygen atoms in total. The van der Waals surface area contributed by atoms with Crippen molar-refractivity contribution in [3.63, 3.8) is 0 Å². The highest BCUT2D eigenvalue weighted by Crippen LogP contribution is 2.28. The van der Waals surface area contributed by atoms with Crippen LogP contribution in [0.2, 0.25) is 0 Å². The highest BCUT2D eigenvalue weighted by Gasteiger charge is 2.23. The maximum absolute atomic E-state index is 13.3. The van der Waals surface area contributed by atoms with Crippen LogP contribution in [0.15, 0.2) is 12.1 Å².